The van der Waals surface area contributed by atoms with Gasteiger partial charge in [0.2, 0.25) is 0 Å². The molecule has 0 radical (unpaired) electrons. The number of halogens is 1. The van der Waals surface area contributed by atoms with Crippen molar-refractivity contribution in [2.75, 3.05) is 0 Å². The Bertz CT molecular complexity index is 1080. The summed E-state index contributed by atoms with van der Waals surface area (Å²) in [5.74, 6) is 0. The molecular weight excluding hydrogens is 364 g/mol. The summed E-state index contributed by atoms with van der Waals surface area (Å²) in [7, 11) is 0. The zero-order valence-corrected chi connectivity index (χ0v) is 15.6. The number of hydrogen-bond acceptors (Lipinski definition) is 3. The first kappa shape index (κ1) is 17.0. The van der Waals surface area contributed by atoms with Gasteiger partial charge < -0.3 is 0 Å². The number of hydrogen-bond donors (Lipinski definition) is 0. The highest BCUT2D eigenvalue weighted by Gasteiger charge is 2.13. The van der Waals surface area contributed by atoms with Crippen molar-refractivity contribution < 1.29 is 0 Å². The zero-order chi connectivity index (χ0) is 17.9. The molecule has 0 saturated heterocycles. The standard InChI is InChI=1S/C21H17ClN2OS/c22-17-10-8-16(9-11-17)18-13-26-20-19(18)21(25)24(14-23-20)12-4-7-15-5-2-1-3-6-15/h1-3,5-6,8-11,13-14H,4,7,12H2. The molecule has 0 bridgehead atoms. The summed E-state index contributed by atoms with van der Waals surface area (Å²) >= 11 is 7.48. The zero-order valence-electron chi connectivity index (χ0n) is 14.1. The minimum atomic E-state index is 0.0225. The lowest BCUT2D eigenvalue weighted by molar-refractivity contribution is 0.618. The quantitative estimate of drug-likeness (QED) is 0.464. The fourth-order valence-electron chi connectivity index (χ4n) is 3.07. The van der Waals surface area contributed by atoms with E-state index >= 15 is 0 Å². The van der Waals surface area contributed by atoms with Crippen LogP contribution in [0.2, 0.25) is 5.02 Å². The van der Waals surface area contributed by atoms with Crippen molar-refractivity contribution in [1.82, 2.24) is 9.55 Å². The predicted octanol–water partition coefficient (Wildman–Crippen LogP) is 5.41. The molecule has 0 saturated carbocycles. The Morgan fingerprint density at radius 2 is 1.81 bits per heavy atom. The molecular formula is C21H17ClN2OS. The Hall–Kier alpha value is -2.43. The third kappa shape index (κ3) is 3.43. The summed E-state index contributed by atoms with van der Waals surface area (Å²) in [5, 5.41) is 3.38. The highest BCUT2D eigenvalue weighted by molar-refractivity contribution is 7.17. The molecule has 0 spiro atoms. The maximum atomic E-state index is 13.0. The van der Waals surface area contributed by atoms with E-state index in [1.54, 1.807) is 10.9 Å². The van der Waals surface area contributed by atoms with Gasteiger partial charge in [-0.1, -0.05) is 54.1 Å². The third-order valence-corrected chi connectivity index (χ3v) is 5.56. The lowest BCUT2D eigenvalue weighted by Crippen LogP contribution is -2.20. The van der Waals surface area contributed by atoms with E-state index in [9.17, 15) is 4.79 Å². The fourth-order valence-corrected chi connectivity index (χ4v) is 4.10. The van der Waals surface area contributed by atoms with Gasteiger partial charge in [-0.25, -0.2) is 4.98 Å². The summed E-state index contributed by atoms with van der Waals surface area (Å²) in [6, 6.07) is 17.9. The first-order valence-corrected chi connectivity index (χ1v) is 9.74. The lowest BCUT2D eigenvalue weighted by atomic mass is 10.1. The maximum absolute atomic E-state index is 13.0. The molecule has 2 heterocycles. The SMILES string of the molecule is O=c1c2c(-c3ccc(Cl)cc3)csc2ncn1CCCc1ccccc1. The Morgan fingerprint density at radius 1 is 1.04 bits per heavy atom. The van der Waals surface area contributed by atoms with E-state index in [1.807, 2.05) is 47.8 Å². The van der Waals surface area contributed by atoms with Crippen LogP contribution in [-0.4, -0.2) is 9.55 Å². The van der Waals surface area contributed by atoms with Crippen molar-refractivity contribution in [2.24, 2.45) is 0 Å². The third-order valence-electron chi connectivity index (χ3n) is 4.42. The molecule has 130 valence electrons. The number of aromatic nitrogens is 2. The molecule has 5 heteroatoms. The summed E-state index contributed by atoms with van der Waals surface area (Å²) in [6.45, 7) is 0.659. The molecule has 2 aromatic heterocycles. The summed E-state index contributed by atoms with van der Waals surface area (Å²) in [6.07, 6.45) is 3.51. The van der Waals surface area contributed by atoms with Gasteiger partial charge in [-0.2, -0.15) is 0 Å². The van der Waals surface area contributed by atoms with Crippen LogP contribution >= 0.6 is 22.9 Å². The van der Waals surface area contributed by atoms with Crippen molar-refractivity contribution in [1.29, 1.82) is 0 Å². The Morgan fingerprint density at radius 3 is 2.58 bits per heavy atom. The number of fused-ring (bicyclic) bond motifs is 1. The monoisotopic (exact) mass is 380 g/mol. The van der Waals surface area contributed by atoms with Crippen molar-refractivity contribution in [3.8, 4) is 11.1 Å². The maximum Gasteiger partial charge on any atom is 0.262 e. The molecule has 0 unspecified atom stereocenters. The summed E-state index contributed by atoms with van der Waals surface area (Å²) in [4.78, 5) is 18.3. The van der Waals surface area contributed by atoms with E-state index in [0.29, 0.717) is 17.0 Å². The van der Waals surface area contributed by atoms with E-state index in [1.165, 1.54) is 16.9 Å². The molecule has 26 heavy (non-hydrogen) atoms. The molecule has 0 fully saturated rings. The number of rotatable bonds is 5. The smallest absolute Gasteiger partial charge is 0.262 e. The van der Waals surface area contributed by atoms with Crippen molar-refractivity contribution in [2.45, 2.75) is 19.4 Å². The molecule has 0 aliphatic heterocycles. The number of nitrogens with zero attached hydrogens (tertiary/aromatic N) is 2. The first-order valence-electron chi connectivity index (χ1n) is 8.49. The second-order valence-corrected chi connectivity index (χ2v) is 7.46. The molecule has 0 aliphatic rings. The average Bonchev–Trinajstić information content (AvgIpc) is 3.10. The van der Waals surface area contributed by atoms with Gasteiger partial charge in [0, 0.05) is 22.5 Å². The van der Waals surface area contributed by atoms with Crippen molar-refractivity contribution in [3.63, 3.8) is 0 Å². The molecule has 0 aliphatic carbocycles. The highest BCUT2D eigenvalue weighted by Crippen LogP contribution is 2.31. The summed E-state index contributed by atoms with van der Waals surface area (Å²) < 4.78 is 1.72. The number of thiophene rings is 1. The van der Waals surface area contributed by atoms with Crippen LogP contribution in [0.15, 0.2) is 71.1 Å². The fraction of sp³-hybridized carbons (Fsp3) is 0.143. The average molecular weight is 381 g/mol. The van der Waals surface area contributed by atoms with Crippen LogP contribution in [0.3, 0.4) is 0 Å². The summed E-state index contributed by atoms with van der Waals surface area (Å²) in [5.41, 5.74) is 3.22. The molecule has 4 aromatic rings. The Labute approximate surface area is 160 Å². The number of aryl methyl sites for hydroxylation is 2. The van der Waals surface area contributed by atoms with Gasteiger partial charge in [0.15, 0.2) is 0 Å². The van der Waals surface area contributed by atoms with Crippen LogP contribution in [0.5, 0.6) is 0 Å². The molecule has 0 amide bonds. The Balaban J connectivity index is 1.62. The van der Waals surface area contributed by atoms with E-state index in [4.69, 9.17) is 11.6 Å². The molecule has 3 nitrogen and oxygen atoms in total. The van der Waals surface area contributed by atoms with Crippen molar-refractivity contribution >= 4 is 33.2 Å². The van der Waals surface area contributed by atoms with Gasteiger partial charge in [0.05, 0.1) is 11.7 Å². The molecule has 0 N–H and O–H groups in total. The second-order valence-electron chi connectivity index (χ2n) is 6.17. The predicted molar refractivity (Wildman–Crippen MR) is 109 cm³/mol. The number of benzene rings is 2. The topological polar surface area (TPSA) is 34.9 Å². The van der Waals surface area contributed by atoms with Crippen LogP contribution in [0, 0.1) is 0 Å². The van der Waals surface area contributed by atoms with E-state index in [-0.39, 0.29) is 5.56 Å². The van der Waals surface area contributed by atoms with Gasteiger partial charge in [-0.05, 0) is 36.1 Å². The van der Waals surface area contributed by atoms with E-state index in [0.717, 1.165) is 28.8 Å². The normalized spacial score (nSPS) is 11.1. The van der Waals surface area contributed by atoms with Crippen LogP contribution in [0.4, 0.5) is 0 Å². The van der Waals surface area contributed by atoms with Crippen LogP contribution in [0.1, 0.15) is 12.0 Å². The van der Waals surface area contributed by atoms with Crippen LogP contribution < -0.4 is 5.56 Å². The Kier molecular flexibility index (Phi) is 4.87. The van der Waals surface area contributed by atoms with Gasteiger partial charge in [-0.3, -0.25) is 9.36 Å². The van der Waals surface area contributed by atoms with E-state index in [2.05, 4.69) is 17.1 Å². The van der Waals surface area contributed by atoms with Crippen LogP contribution in [0.25, 0.3) is 21.3 Å². The molecule has 0 atom stereocenters. The second kappa shape index (κ2) is 7.44. The van der Waals surface area contributed by atoms with Crippen LogP contribution in [-0.2, 0) is 13.0 Å². The molecule has 2 aromatic carbocycles. The van der Waals surface area contributed by atoms with Gasteiger partial charge in [0.1, 0.15) is 4.83 Å². The van der Waals surface area contributed by atoms with E-state index < -0.39 is 0 Å². The van der Waals surface area contributed by atoms with Crippen molar-refractivity contribution in [3.05, 3.63) is 87.2 Å². The minimum Gasteiger partial charge on any atom is -0.299 e. The highest BCUT2D eigenvalue weighted by atomic mass is 35.5. The van der Waals surface area contributed by atoms with Gasteiger partial charge in [0.25, 0.3) is 5.56 Å². The lowest BCUT2D eigenvalue weighted by Gasteiger charge is -2.06. The van der Waals surface area contributed by atoms with Gasteiger partial charge >= 0.3 is 0 Å². The molecule has 4 rings (SSSR count). The minimum absolute atomic E-state index is 0.0225. The first-order chi connectivity index (χ1) is 12.7. The van der Waals surface area contributed by atoms with Gasteiger partial charge in [-0.15, -0.1) is 11.3 Å². The largest absolute Gasteiger partial charge is 0.299 e.